The smallest absolute Gasteiger partial charge is 0.243 e. The van der Waals surface area contributed by atoms with E-state index < -0.39 is 35.6 Å². The van der Waals surface area contributed by atoms with E-state index in [1.54, 1.807) is 18.2 Å². The molecular weight excluding hydrogens is 337 g/mol. The van der Waals surface area contributed by atoms with Gasteiger partial charge in [-0.1, -0.05) is 50.8 Å². The van der Waals surface area contributed by atoms with Crippen LogP contribution < -0.4 is 16.4 Å². The van der Waals surface area contributed by atoms with Gasteiger partial charge in [-0.25, -0.2) is 4.39 Å². The number of hydrogen-bond donors (Lipinski definition) is 3. The summed E-state index contributed by atoms with van der Waals surface area (Å²) >= 11 is 0. The molecule has 0 unspecified atom stereocenters. The Bertz CT molecular complexity index is 622. The minimum atomic E-state index is -0.984. The lowest BCUT2D eigenvalue weighted by molar-refractivity contribution is -0.131. The van der Waals surface area contributed by atoms with Crippen molar-refractivity contribution in [3.05, 3.63) is 35.6 Å². The van der Waals surface area contributed by atoms with Crippen LogP contribution in [0.15, 0.2) is 24.3 Å². The van der Waals surface area contributed by atoms with E-state index >= 15 is 0 Å². The zero-order valence-electron chi connectivity index (χ0n) is 15.4. The van der Waals surface area contributed by atoms with Crippen LogP contribution in [0.25, 0.3) is 0 Å². The first-order valence-electron chi connectivity index (χ1n) is 8.95. The van der Waals surface area contributed by atoms with Crippen LogP contribution in [0.1, 0.15) is 51.5 Å². The molecule has 0 aliphatic carbocycles. The maximum Gasteiger partial charge on any atom is 0.243 e. The highest BCUT2D eigenvalue weighted by Gasteiger charge is 2.25. The Labute approximate surface area is 153 Å². The fraction of sp³-hybridized carbons (Fsp3) is 0.526. The van der Waals surface area contributed by atoms with Crippen molar-refractivity contribution in [3.63, 3.8) is 0 Å². The third kappa shape index (κ3) is 7.63. The van der Waals surface area contributed by atoms with E-state index in [9.17, 15) is 18.8 Å². The minimum absolute atomic E-state index is 0.0145. The number of rotatable bonds is 11. The Hall–Kier alpha value is -2.44. The summed E-state index contributed by atoms with van der Waals surface area (Å²) in [6.45, 7) is 3.35. The molecule has 0 bridgehead atoms. The lowest BCUT2D eigenvalue weighted by Gasteiger charge is -2.22. The zero-order valence-corrected chi connectivity index (χ0v) is 15.4. The molecule has 26 heavy (non-hydrogen) atoms. The molecule has 0 aliphatic heterocycles. The Morgan fingerprint density at radius 1 is 1.08 bits per heavy atom. The van der Waals surface area contributed by atoms with Crippen LogP contribution in [-0.4, -0.2) is 29.8 Å². The molecule has 0 fully saturated rings. The summed E-state index contributed by atoms with van der Waals surface area (Å²) in [7, 11) is 0. The monoisotopic (exact) mass is 365 g/mol. The van der Waals surface area contributed by atoms with Gasteiger partial charge in [0.25, 0.3) is 0 Å². The summed E-state index contributed by atoms with van der Waals surface area (Å²) in [5.74, 6) is -2.05. The topological polar surface area (TPSA) is 101 Å². The number of primary amides is 1. The molecule has 1 aromatic carbocycles. The van der Waals surface area contributed by atoms with E-state index in [0.29, 0.717) is 12.0 Å². The van der Waals surface area contributed by atoms with E-state index in [1.807, 2.05) is 0 Å². The molecule has 0 heterocycles. The third-order valence-electron chi connectivity index (χ3n) is 4.08. The molecule has 0 saturated heterocycles. The summed E-state index contributed by atoms with van der Waals surface area (Å²) in [6.07, 6.45) is 4.23. The number of amides is 3. The molecule has 0 aliphatic rings. The van der Waals surface area contributed by atoms with Crippen LogP contribution in [0, 0.1) is 5.82 Å². The van der Waals surface area contributed by atoms with Gasteiger partial charge in [0.1, 0.15) is 17.9 Å². The number of unbranched alkanes of at least 4 members (excludes halogenated alkanes) is 3. The maximum absolute atomic E-state index is 13.9. The fourth-order valence-corrected chi connectivity index (χ4v) is 2.67. The van der Waals surface area contributed by atoms with Gasteiger partial charge < -0.3 is 16.4 Å². The van der Waals surface area contributed by atoms with Gasteiger partial charge in [-0.05, 0) is 18.1 Å². The summed E-state index contributed by atoms with van der Waals surface area (Å²) < 4.78 is 13.9. The predicted molar refractivity (Wildman–Crippen MR) is 97.6 cm³/mol. The number of hydrogen-bond acceptors (Lipinski definition) is 3. The quantitative estimate of drug-likeness (QED) is 0.521. The highest BCUT2D eigenvalue weighted by Crippen LogP contribution is 2.11. The Kier molecular flexibility index (Phi) is 9.33. The molecular formula is C19H28FN3O3. The van der Waals surface area contributed by atoms with Gasteiger partial charge in [-0.3, -0.25) is 14.4 Å². The Balaban J connectivity index is 2.78. The van der Waals surface area contributed by atoms with Crippen molar-refractivity contribution < 1.29 is 18.8 Å². The van der Waals surface area contributed by atoms with Crippen LogP contribution in [-0.2, 0) is 20.8 Å². The first kappa shape index (κ1) is 21.6. The second-order valence-electron chi connectivity index (χ2n) is 6.36. The van der Waals surface area contributed by atoms with E-state index in [0.717, 1.165) is 25.7 Å². The summed E-state index contributed by atoms with van der Waals surface area (Å²) in [5.41, 5.74) is 5.68. The highest BCUT2D eigenvalue weighted by molar-refractivity contribution is 5.91. The third-order valence-corrected chi connectivity index (χ3v) is 4.08. The SMILES string of the molecule is CCCCCC[C@@H](NC(=O)[C@@H](Cc1ccccc1F)NC(C)=O)C(N)=O. The molecule has 0 radical (unpaired) electrons. The average Bonchev–Trinajstić information content (AvgIpc) is 2.58. The summed E-state index contributed by atoms with van der Waals surface area (Å²) in [5, 5.41) is 5.09. The second kappa shape index (κ2) is 11.2. The van der Waals surface area contributed by atoms with Crippen LogP contribution in [0.2, 0.25) is 0 Å². The van der Waals surface area contributed by atoms with Gasteiger partial charge in [0.2, 0.25) is 17.7 Å². The van der Waals surface area contributed by atoms with Crippen molar-refractivity contribution in [2.75, 3.05) is 0 Å². The van der Waals surface area contributed by atoms with Gasteiger partial charge in [0.05, 0.1) is 0 Å². The fourth-order valence-electron chi connectivity index (χ4n) is 2.67. The minimum Gasteiger partial charge on any atom is -0.368 e. The second-order valence-corrected chi connectivity index (χ2v) is 6.36. The molecule has 1 aromatic rings. The molecule has 0 saturated carbocycles. The average molecular weight is 365 g/mol. The van der Waals surface area contributed by atoms with Crippen LogP contribution in [0.5, 0.6) is 0 Å². The molecule has 2 atom stereocenters. The molecule has 0 spiro atoms. The standard InChI is InChI=1S/C19H28FN3O3/c1-3-4-5-6-11-16(18(21)25)23-19(26)17(22-13(2)24)12-14-9-7-8-10-15(14)20/h7-10,16-17H,3-6,11-12H2,1-2H3,(H2,21,25)(H,22,24)(H,23,26)/t16-,17-/m1/s1. The van der Waals surface area contributed by atoms with Gasteiger partial charge in [0.15, 0.2) is 0 Å². The van der Waals surface area contributed by atoms with Crippen molar-refractivity contribution in [1.29, 1.82) is 0 Å². The molecule has 7 heteroatoms. The molecule has 3 amide bonds. The summed E-state index contributed by atoms with van der Waals surface area (Å²) in [6, 6.07) is 4.25. The van der Waals surface area contributed by atoms with Crippen molar-refractivity contribution in [3.8, 4) is 0 Å². The molecule has 4 N–H and O–H groups in total. The van der Waals surface area contributed by atoms with Crippen molar-refractivity contribution >= 4 is 17.7 Å². The lowest BCUT2D eigenvalue weighted by atomic mass is 10.0. The van der Waals surface area contributed by atoms with Crippen molar-refractivity contribution in [2.45, 2.75) is 64.5 Å². The number of halogens is 1. The van der Waals surface area contributed by atoms with Gasteiger partial charge in [-0.2, -0.15) is 0 Å². The highest BCUT2D eigenvalue weighted by atomic mass is 19.1. The van der Waals surface area contributed by atoms with Crippen molar-refractivity contribution in [1.82, 2.24) is 10.6 Å². The van der Waals surface area contributed by atoms with Crippen molar-refractivity contribution in [2.24, 2.45) is 5.73 Å². The van der Waals surface area contributed by atoms with E-state index in [2.05, 4.69) is 17.6 Å². The first-order valence-corrected chi connectivity index (χ1v) is 8.95. The Morgan fingerprint density at radius 2 is 1.77 bits per heavy atom. The molecule has 144 valence electrons. The normalized spacial score (nSPS) is 12.9. The lowest BCUT2D eigenvalue weighted by Crippen LogP contribution is -2.53. The molecule has 6 nitrogen and oxygen atoms in total. The number of carbonyl (C=O) groups is 3. The van der Waals surface area contributed by atoms with Crippen LogP contribution in [0.3, 0.4) is 0 Å². The molecule has 0 aromatic heterocycles. The summed E-state index contributed by atoms with van der Waals surface area (Å²) in [4.78, 5) is 35.6. The van der Waals surface area contributed by atoms with E-state index in [4.69, 9.17) is 5.73 Å². The van der Waals surface area contributed by atoms with E-state index in [1.165, 1.54) is 13.0 Å². The largest absolute Gasteiger partial charge is 0.368 e. The first-order chi connectivity index (χ1) is 12.3. The number of benzene rings is 1. The van der Waals surface area contributed by atoms with Gasteiger partial charge in [-0.15, -0.1) is 0 Å². The zero-order chi connectivity index (χ0) is 19.5. The van der Waals surface area contributed by atoms with Gasteiger partial charge in [0, 0.05) is 13.3 Å². The van der Waals surface area contributed by atoms with E-state index in [-0.39, 0.29) is 6.42 Å². The van der Waals surface area contributed by atoms with Gasteiger partial charge >= 0.3 is 0 Å². The predicted octanol–water partition coefficient (Wildman–Crippen LogP) is 1.81. The number of nitrogens with two attached hydrogens (primary N) is 1. The van der Waals surface area contributed by atoms with Crippen LogP contribution >= 0.6 is 0 Å². The molecule has 1 rings (SSSR count). The number of nitrogens with one attached hydrogen (secondary N) is 2. The number of carbonyl (C=O) groups excluding carboxylic acids is 3. The maximum atomic E-state index is 13.9. The van der Waals surface area contributed by atoms with Crippen LogP contribution in [0.4, 0.5) is 4.39 Å². The Morgan fingerprint density at radius 3 is 2.35 bits per heavy atom.